The van der Waals surface area contributed by atoms with Crippen LogP contribution in [0.1, 0.15) is 46.4 Å². The Bertz CT molecular complexity index is 1020. The van der Waals surface area contributed by atoms with Gasteiger partial charge in [-0.3, -0.25) is 9.36 Å². The average Bonchev–Trinajstić information content (AvgIpc) is 3.22. The zero-order chi connectivity index (χ0) is 21.2. The third kappa shape index (κ3) is 4.87. The molecule has 0 spiro atoms. The summed E-state index contributed by atoms with van der Waals surface area (Å²) in [5.41, 5.74) is 3.20. The largest absolute Gasteiger partial charge is 0.298 e. The summed E-state index contributed by atoms with van der Waals surface area (Å²) in [5, 5.41) is 9.49. The molecule has 0 fully saturated rings. The third-order valence-electron chi connectivity index (χ3n) is 4.71. The standard InChI is InChI=1S/C23H27N3OS2/c1-7-12-26-21(17-8-10-18(11-9-17)23(4,5)6)24-25-22(26)28-14-20(27)19-13-15(2)29-16(19)3/h7-11,13H,1,12,14H2,2-6H3. The summed E-state index contributed by atoms with van der Waals surface area (Å²) in [6.07, 6.45) is 1.83. The maximum Gasteiger partial charge on any atom is 0.192 e. The van der Waals surface area contributed by atoms with Crippen LogP contribution in [0.4, 0.5) is 0 Å². The molecule has 0 atom stereocenters. The van der Waals surface area contributed by atoms with Crippen LogP contribution >= 0.6 is 23.1 Å². The van der Waals surface area contributed by atoms with E-state index < -0.39 is 0 Å². The van der Waals surface area contributed by atoms with Gasteiger partial charge in [-0.25, -0.2) is 0 Å². The fourth-order valence-corrected chi connectivity index (χ4v) is 4.91. The maximum absolute atomic E-state index is 12.6. The first kappa shape index (κ1) is 21.5. The Labute approximate surface area is 181 Å². The minimum atomic E-state index is 0.104. The molecular weight excluding hydrogens is 398 g/mol. The van der Waals surface area contributed by atoms with Gasteiger partial charge in [-0.2, -0.15) is 0 Å². The summed E-state index contributed by atoms with van der Waals surface area (Å²) >= 11 is 3.09. The quantitative estimate of drug-likeness (QED) is 0.261. The van der Waals surface area contributed by atoms with E-state index in [0.29, 0.717) is 12.3 Å². The molecule has 3 rings (SSSR count). The first-order chi connectivity index (χ1) is 13.7. The smallest absolute Gasteiger partial charge is 0.192 e. The Hall–Kier alpha value is -2.18. The van der Waals surface area contributed by atoms with Gasteiger partial charge >= 0.3 is 0 Å². The zero-order valence-electron chi connectivity index (χ0n) is 17.7. The minimum Gasteiger partial charge on any atom is -0.298 e. The molecule has 0 unspecified atom stereocenters. The second kappa shape index (κ2) is 8.67. The van der Waals surface area contributed by atoms with Gasteiger partial charge in [0.25, 0.3) is 0 Å². The highest BCUT2D eigenvalue weighted by Crippen LogP contribution is 2.29. The number of nitrogens with zero attached hydrogens (tertiary/aromatic N) is 3. The number of carbonyl (C=O) groups excluding carboxylic acids is 1. The number of thioether (sulfide) groups is 1. The molecule has 0 N–H and O–H groups in total. The molecule has 1 aromatic carbocycles. The monoisotopic (exact) mass is 425 g/mol. The van der Waals surface area contributed by atoms with Crippen LogP contribution in [0.3, 0.4) is 0 Å². The normalized spacial score (nSPS) is 11.6. The van der Waals surface area contributed by atoms with Crippen molar-refractivity contribution in [1.29, 1.82) is 0 Å². The van der Waals surface area contributed by atoms with E-state index in [1.54, 1.807) is 11.3 Å². The highest BCUT2D eigenvalue weighted by Gasteiger charge is 2.18. The molecular formula is C23H27N3OS2. The first-order valence-corrected chi connectivity index (χ1v) is 11.4. The van der Waals surface area contributed by atoms with Crippen molar-refractivity contribution in [3.05, 3.63) is 63.9 Å². The second-order valence-electron chi connectivity index (χ2n) is 8.07. The van der Waals surface area contributed by atoms with Gasteiger partial charge in [0.05, 0.1) is 5.75 Å². The summed E-state index contributed by atoms with van der Waals surface area (Å²) in [6.45, 7) is 15.1. The number of ketones is 1. The summed E-state index contributed by atoms with van der Waals surface area (Å²) in [5.74, 6) is 1.26. The summed E-state index contributed by atoms with van der Waals surface area (Å²) in [7, 11) is 0. The van der Waals surface area contributed by atoms with Gasteiger partial charge in [0.1, 0.15) is 0 Å². The molecule has 0 aliphatic rings. The molecule has 29 heavy (non-hydrogen) atoms. The van der Waals surface area contributed by atoms with Gasteiger partial charge in [-0.15, -0.1) is 28.1 Å². The van der Waals surface area contributed by atoms with E-state index in [-0.39, 0.29) is 11.2 Å². The highest BCUT2D eigenvalue weighted by atomic mass is 32.2. The van der Waals surface area contributed by atoms with Crippen LogP contribution in [0.2, 0.25) is 0 Å². The van der Waals surface area contributed by atoms with Crippen molar-refractivity contribution in [3.8, 4) is 11.4 Å². The van der Waals surface area contributed by atoms with Crippen molar-refractivity contribution in [2.45, 2.75) is 51.7 Å². The van der Waals surface area contributed by atoms with Gasteiger partial charge in [-0.05, 0) is 30.9 Å². The second-order valence-corrected chi connectivity index (χ2v) is 10.5. The lowest BCUT2D eigenvalue weighted by molar-refractivity contribution is 0.102. The van der Waals surface area contributed by atoms with E-state index in [9.17, 15) is 4.79 Å². The number of benzene rings is 1. The van der Waals surface area contributed by atoms with E-state index in [0.717, 1.165) is 31.9 Å². The van der Waals surface area contributed by atoms with E-state index in [1.807, 2.05) is 30.6 Å². The third-order valence-corrected chi connectivity index (χ3v) is 6.64. The number of Topliss-reactive ketones (excluding diaryl/α,β-unsaturated/α-hetero) is 1. The number of thiophene rings is 1. The number of aromatic nitrogens is 3. The fraction of sp³-hybridized carbons (Fsp3) is 0.348. The minimum absolute atomic E-state index is 0.104. The van der Waals surface area contributed by atoms with Crippen molar-refractivity contribution in [1.82, 2.24) is 14.8 Å². The van der Waals surface area contributed by atoms with Gasteiger partial charge < -0.3 is 0 Å². The lowest BCUT2D eigenvalue weighted by Crippen LogP contribution is -2.10. The molecule has 0 amide bonds. The zero-order valence-corrected chi connectivity index (χ0v) is 19.3. The molecule has 152 valence electrons. The van der Waals surface area contributed by atoms with Crippen LogP contribution in [0.25, 0.3) is 11.4 Å². The maximum atomic E-state index is 12.6. The summed E-state index contributed by atoms with van der Waals surface area (Å²) < 4.78 is 2.02. The molecule has 0 aliphatic carbocycles. The number of rotatable bonds is 7. The van der Waals surface area contributed by atoms with Crippen LogP contribution in [0.15, 0.2) is 48.1 Å². The van der Waals surface area contributed by atoms with Crippen LogP contribution in [0, 0.1) is 13.8 Å². The summed E-state index contributed by atoms with van der Waals surface area (Å²) in [6, 6.07) is 10.4. The number of hydrogen-bond donors (Lipinski definition) is 0. The fourth-order valence-electron chi connectivity index (χ4n) is 3.14. The van der Waals surface area contributed by atoms with Crippen LogP contribution in [-0.4, -0.2) is 26.3 Å². The molecule has 2 heterocycles. The topological polar surface area (TPSA) is 47.8 Å². The van der Waals surface area contributed by atoms with Crippen molar-refractivity contribution in [2.24, 2.45) is 0 Å². The molecule has 0 radical (unpaired) electrons. The number of allylic oxidation sites excluding steroid dienone is 1. The Morgan fingerprint density at radius 2 is 1.90 bits per heavy atom. The molecule has 2 aromatic heterocycles. The lowest BCUT2D eigenvalue weighted by atomic mass is 9.87. The van der Waals surface area contributed by atoms with Crippen molar-refractivity contribution >= 4 is 28.9 Å². The van der Waals surface area contributed by atoms with Crippen molar-refractivity contribution in [3.63, 3.8) is 0 Å². The summed E-state index contributed by atoms with van der Waals surface area (Å²) in [4.78, 5) is 14.9. The molecule has 0 saturated heterocycles. The Morgan fingerprint density at radius 1 is 1.21 bits per heavy atom. The predicted molar refractivity (Wildman–Crippen MR) is 123 cm³/mol. The predicted octanol–water partition coefficient (Wildman–Crippen LogP) is 6.08. The van der Waals surface area contributed by atoms with Crippen molar-refractivity contribution < 1.29 is 4.79 Å². The molecule has 0 bridgehead atoms. The van der Waals surface area contributed by atoms with E-state index in [4.69, 9.17) is 0 Å². The van der Waals surface area contributed by atoms with Crippen molar-refractivity contribution in [2.75, 3.05) is 5.75 Å². The molecule has 0 saturated carbocycles. The Kier molecular flexibility index (Phi) is 6.44. The molecule has 3 aromatic rings. The molecule has 0 aliphatic heterocycles. The number of carbonyl (C=O) groups is 1. The average molecular weight is 426 g/mol. The van der Waals surface area contributed by atoms with E-state index >= 15 is 0 Å². The van der Waals surface area contributed by atoms with Gasteiger partial charge in [0, 0.05) is 27.4 Å². The van der Waals surface area contributed by atoms with E-state index in [2.05, 4.69) is 61.8 Å². The number of hydrogen-bond acceptors (Lipinski definition) is 5. The number of aryl methyl sites for hydroxylation is 2. The van der Waals surface area contributed by atoms with Crippen LogP contribution < -0.4 is 0 Å². The van der Waals surface area contributed by atoms with Crippen LogP contribution in [-0.2, 0) is 12.0 Å². The van der Waals surface area contributed by atoms with Gasteiger partial charge in [0.15, 0.2) is 16.8 Å². The van der Waals surface area contributed by atoms with Crippen LogP contribution in [0.5, 0.6) is 0 Å². The van der Waals surface area contributed by atoms with Gasteiger partial charge in [-0.1, -0.05) is 62.9 Å². The molecule has 6 heteroatoms. The lowest BCUT2D eigenvalue weighted by Gasteiger charge is -2.19. The van der Waals surface area contributed by atoms with Gasteiger partial charge in [0.2, 0.25) is 0 Å². The van der Waals surface area contributed by atoms with E-state index in [1.165, 1.54) is 17.3 Å². The molecule has 4 nitrogen and oxygen atoms in total. The Balaban J connectivity index is 1.82. The first-order valence-electron chi connectivity index (χ1n) is 9.58. The Morgan fingerprint density at radius 3 is 2.45 bits per heavy atom. The SMILES string of the molecule is C=CCn1c(SCC(=O)c2cc(C)sc2C)nnc1-c1ccc(C(C)(C)C)cc1. The highest BCUT2D eigenvalue weighted by molar-refractivity contribution is 7.99.